The summed E-state index contributed by atoms with van der Waals surface area (Å²) in [6.45, 7) is 1.70. The molecular formula is C13H13N3OS. The van der Waals surface area contributed by atoms with Crippen molar-refractivity contribution in [2.45, 2.75) is 32.4 Å². The molecule has 0 fully saturated rings. The highest BCUT2D eigenvalue weighted by atomic mass is 32.1. The zero-order chi connectivity index (χ0) is 12.1. The molecule has 92 valence electrons. The molecule has 2 aromatic rings. The van der Waals surface area contributed by atoms with Crippen LogP contribution in [0, 0.1) is 0 Å². The molecule has 0 bridgehead atoms. The van der Waals surface area contributed by atoms with Gasteiger partial charge in [0.05, 0.1) is 11.1 Å². The maximum atomic E-state index is 11.6. The van der Waals surface area contributed by atoms with Crippen molar-refractivity contribution >= 4 is 17.2 Å². The number of hydrogen-bond acceptors (Lipinski definition) is 3. The second-order valence-electron chi connectivity index (χ2n) is 4.83. The van der Waals surface area contributed by atoms with Gasteiger partial charge in [0, 0.05) is 29.2 Å². The van der Waals surface area contributed by atoms with Gasteiger partial charge in [-0.15, -0.1) is 11.3 Å². The third-order valence-electron chi connectivity index (χ3n) is 3.70. The van der Waals surface area contributed by atoms with Crippen molar-refractivity contribution in [3.05, 3.63) is 28.4 Å². The van der Waals surface area contributed by atoms with Crippen molar-refractivity contribution in [3.63, 3.8) is 0 Å². The maximum absolute atomic E-state index is 11.6. The summed E-state index contributed by atoms with van der Waals surface area (Å²) in [5.74, 6) is 0.0716. The number of nitrogens with one attached hydrogen (secondary N) is 1. The fraction of sp³-hybridized carbons (Fsp3) is 0.385. The van der Waals surface area contributed by atoms with Gasteiger partial charge in [-0.3, -0.25) is 9.48 Å². The van der Waals surface area contributed by atoms with E-state index in [0.717, 1.165) is 23.4 Å². The summed E-state index contributed by atoms with van der Waals surface area (Å²) in [6.07, 6.45) is 5.52. The van der Waals surface area contributed by atoms with E-state index in [1.807, 2.05) is 6.20 Å². The van der Waals surface area contributed by atoms with Gasteiger partial charge in [-0.1, -0.05) is 0 Å². The highest BCUT2D eigenvalue weighted by Gasteiger charge is 2.25. The molecule has 2 aliphatic rings. The molecule has 1 amide bonds. The second-order valence-corrected chi connectivity index (χ2v) is 5.89. The van der Waals surface area contributed by atoms with Crippen molar-refractivity contribution in [2.75, 3.05) is 0 Å². The Kier molecular flexibility index (Phi) is 2.11. The van der Waals surface area contributed by atoms with Gasteiger partial charge in [0.15, 0.2) is 0 Å². The minimum absolute atomic E-state index is 0.0716. The summed E-state index contributed by atoms with van der Waals surface area (Å²) in [5, 5.41) is 7.31. The van der Waals surface area contributed by atoms with E-state index in [2.05, 4.69) is 21.2 Å². The van der Waals surface area contributed by atoms with Crippen LogP contribution in [-0.2, 0) is 19.5 Å². The monoisotopic (exact) mass is 259 g/mol. The number of carbonyl (C=O) groups excluding carboxylic acids is 1. The van der Waals surface area contributed by atoms with Gasteiger partial charge < -0.3 is 5.32 Å². The lowest BCUT2D eigenvalue weighted by atomic mass is 10.1. The van der Waals surface area contributed by atoms with E-state index in [0.29, 0.717) is 6.54 Å². The largest absolute Gasteiger partial charge is 0.347 e. The molecule has 0 radical (unpaired) electrons. The summed E-state index contributed by atoms with van der Waals surface area (Å²) >= 11 is 1.60. The number of nitrogens with zero attached hydrogens (tertiary/aromatic N) is 2. The number of fused-ring (bicyclic) bond motifs is 2. The molecule has 0 saturated carbocycles. The van der Waals surface area contributed by atoms with Crippen molar-refractivity contribution in [1.29, 1.82) is 0 Å². The quantitative estimate of drug-likeness (QED) is 0.853. The van der Waals surface area contributed by atoms with Crippen molar-refractivity contribution in [3.8, 4) is 10.4 Å². The molecule has 4 rings (SSSR count). The number of carbonyl (C=O) groups is 1. The topological polar surface area (TPSA) is 46.9 Å². The Balaban J connectivity index is 1.82. The second kappa shape index (κ2) is 3.68. The van der Waals surface area contributed by atoms with Crippen LogP contribution in [0.5, 0.6) is 0 Å². The molecule has 4 nitrogen and oxygen atoms in total. The van der Waals surface area contributed by atoms with E-state index in [1.54, 1.807) is 11.3 Å². The SMILES string of the molecule is O=C1NCc2cc(-c3cnn4c3CCCC4)sc21. The first kappa shape index (κ1) is 10.3. The van der Waals surface area contributed by atoms with Gasteiger partial charge in [0.25, 0.3) is 5.91 Å². The van der Waals surface area contributed by atoms with Gasteiger partial charge in [-0.05, 0) is 30.9 Å². The van der Waals surface area contributed by atoms with E-state index in [4.69, 9.17) is 0 Å². The van der Waals surface area contributed by atoms with Crippen LogP contribution in [0.25, 0.3) is 10.4 Å². The Morgan fingerprint density at radius 1 is 1.39 bits per heavy atom. The molecule has 0 atom stereocenters. The van der Waals surface area contributed by atoms with E-state index in [1.165, 1.54) is 29.0 Å². The molecule has 2 aromatic heterocycles. The molecule has 4 heterocycles. The Hall–Kier alpha value is -1.62. The van der Waals surface area contributed by atoms with Crippen LogP contribution in [0.1, 0.15) is 33.8 Å². The Bertz CT molecular complexity index is 641. The number of hydrogen-bond donors (Lipinski definition) is 1. The third-order valence-corrected chi connectivity index (χ3v) is 4.91. The normalized spacial score (nSPS) is 17.4. The molecule has 0 aliphatic carbocycles. The van der Waals surface area contributed by atoms with Crippen LogP contribution < -0.4 is 5.32 Å². The highest BCUT2D eigenvalue weighted by molar-refractivity contribution is 7.17. The van der Waals surface area contributed by atoms with E-state index >= 15 is 0 Å². The summed E-state index contributed by atoms with van der Waals surface area (Å²) in [7, 11) is 0. The molecular weight excluding hydrogens is 246 g/mol. The fourth-order valence-corrected chi connectivity index (χ4v) is 3.90. The number of aryl methyl sites for hydroxylation is 1. The maximum Gasteiger partial charge on any atom is 0.261 e. The summed E-state index contributed by atoms with van der Waals surface area (Å²) in [5.41, 5.74) is 3.69. The van der Waals surface area contributed by atoms with Crippen molar-refractivity contribution in [1.82, 2.24) is 15.1 Å². The summed E-state index contributed by atoms with van der Waals surface area (Å²) < 4.78 is 2.11. The van der Waals surface area contributed by atoms with Crippen molar-refractivity contribution in [2.24, 2.45) is 0 Å². The van der Waals surface area contributed by atoms with Gasteiger partial charge in [0.1, 0.15) is 0 Å². The van der Waals surface area contributed by atoms with E-state index in [9.17, 15) is 4.79 Å². The first-order valence-corrected chi connectivity index (χ1v) is 7.10. The standard InChI is InChI=1S/C13H13N3OS/c17-13-12-8(6-14-13)5-11(18-12)9-7-15-16-4-2-1-3-10(9)16/h5,7H,1-4,6H2,(H,14,17). The number of amides is 1. The number of rotatable bonds is 1. The lowest BCUT2D eigenvalue weighted by Gasteiger charge is -2.14. The molecule has 0 unspecified atom stereocenters. The Labute approximate surface area is 109 Å². The third kappa shape index (κ3) is 1.37. The molecule has 0 aromatic carbocycles. The van der Waals surface area contributed by atoms with Crippen LogP contribution >= 0.6 is 11.3 Å². The van der Waals surface area contributed by atoms with Crippen LogP contribution in [0.2, 0.25) is 0 Å². The minimum atomic E-state index is 0.0716. The smallest absolute Gasteiger partial charge is 0.261 e. The molecule has 0 spiro atoms. The van der Waals surface area contributed by atoms with Gasteiger partial charge in [0.2, 0.25) is 0 Å². The lowest BCUT2D eigenvalue weighted by molar-refractivity contribution is 0.0969. The molecule has 2 aliphatic heterocycles. The average molecular weight is 259 g/mol. The van der Waals surface area contributed by atoms with Crippen LogP contribution in [-0.4, -0.2) is 15.7 Å². The van der Waals surface area contributed by atoms with E-state index in [-0.39, 0.29) is 5.91 Å². The van der Waals surface area contributed by atoms with Crippen LogP contribution in [0.3, 0.4) is 0 Å². The predicted molar refractivity (Wildman–Crippen MR) is 69.6 cm³/mol. The average Bonchev–Trinajstić information content (AvgIpc) is 3.05. The molecule has 18 heavy (non-hydrogen) atoms. The zero-order valence-electron chi connectivity index (χ0n) is 9.90. The van der Waals surface area contributed by atoms with Gasteiger partial charge >= 0.3 is 0 Å². The van der Waals surface area contributed by atoms with Crippen LogP contribution in [0.15, 0.2) is 12.3 Å². The first-order valence-electron chi connectivity index (χ1n) is 6.29. The summed E-state index contributed by atoms with van der Waals surface area (Å²) in [6, 6.07) is 2.14. The minimum Gasteiger partial charge on any atom is -0.347 e. The fourth-order valence-electron chi connectivity index (χ4n) is 2.77. The number of thiophene rings is 1. The molecule has 0 saturated heterocycles. The zero-order valence-corrected chi connectivity index (χ0v) is 10.7. The van der Waals surface area contributed by atoms with Gasteiger partial charge in [-0.25, -0.2) is 0 Å². The van der Waals surface area contributed by atoms with Crippen molar-refractivity contribution < 1.29 is 4.79 Å². The molecule has 1 N–H and O–H groups in total. The Morgan fingerprint density at radius 3 is 3.22 bits per heavy atom. The van der Waals surface area contributed by atoms with E-state index < -0.39 is 0 Å². The molecule has 5 heteroatoms. The predicted octanol–water partition coefficient (Wildman–Crippen LogP) is 2.19. The number of aromatic nitrogens is 2. The van der Waals surface area contributed by atoms with Gasteiger partial charge in [-0.2, -0.15) is 5.10 Å². The van der Waals surface area contributed by atoms with Crippen LogP contribution in [0.4, 0.5) is 0 Å². The summed E-state index contributed by atoms with van der Waals surface area (Å²) in [4.78, 5) is 13.7. The Morgan fingerprint density at radius 2 is 2.33 bits per heavy atom. The highest BCUT2D eigenvalue weighted by Crippen LogP contribution is 2.36. The first-order chi connectivity index (χ1) is 8.83. The lowest BCUT2D eigenvalue weighted by Crippen LogP contribution is -2.12.